The summed E-state index contributed by atoms with van der Waals surface area (Å²) in [4.78, 5) is 2.69. The van der Waals surface area contributed by atoms with Gasteiger partial charge in [-0.15, -0.1) is 0 Å². The fourth-order valence-electron chi connectivity index (χ4n) is 3.03. The van der Waals surface area contributed by atoms with E-state index < -0.39 is 0 Å². The van der Waals surface area contributed by atoms with Gasteiger partial charge in [-0.3, -0.25) is 4.90 Å². The van der Waals surface area contributed by atoms with Crippen molar-refractivity contribution in [3.05, 3.63) is 35.9 Å². The molecule has 3 unspecified atom stereocenters. The molecular weight excluding hydrogens is 232 g/mol. The van der Waals surface area contributed by atoms with Crippen molar-refractivity contribution in [1.29, 1.82) is 0 Å². The van der Waals surface area contributed by atoms with Gasteiger partial charge in [-0.1, -0.05) is 37.3 Å². The zero-order chi connectivity index (χ0) is 13.7. The third-order valence-corrected chi connectivity index (χ3v) is 4.45. The Morgan fingerprint density at radius 2 is 2.05 bits per heavy atom. The van der Waals surface area contributed by atoms with Crippen LogP contribution in [-0.2, 0) is 6.42 Å². The summed E-state index contributed by atoms with van der Waals surface area (Å²) in [5.41, 5.74) is 1.46. The molecule has 1 saturated heterocycles. The maximum atomic E-state index is 3.64. The highest BCUT2D eigenvalue weighted by Gasteiger charge is 2.27. The fraction of sp³-hybridized carbons (Fsp3) is 0.647. The molecule has 1 aromatic carbocycles. The van der Waals surface area contributed by atoms with Crippen LogP contribution in [0.2, 0.25) is 0 Å². The lowest BCUT2D eigenvalue weighted by molar-refractivity contribution is 0.0933. The van der Waals surface area contributed by atoms with Crippen LogP contribution in [-0.4, -0.2) is 36.1 Å². The molecule has 0 radical (unpaired) electrons. The zero-order valence-electron chi connectivity index (χ0n) is 12.6. The van der Waals surface area contributed by atoms with Gasteiger partial charge in [-0.25, -0.2) is 0 Å². The van der Waals surface area contributed by atoms with Crippen molar-refractivity contribution in [2.75, 3.05) is 13.1 Å². The van der Waals surface area contributed by atoms with Crippen LogP contribution in [0.1, 0.15) is 39.2 Å². The number of hydrogen-bond acceptors (Lipinski definition) is 2. The van der Waals surface area contributed by atoms with E-state index in [-0.39, 0.29) is 0 Å². The van der Waals surface area contributed by atoms with Crippen molar-refractivity contribution in [2.45, 2.75) is 58.2 Å². The third-order valence-electron chi connectivity index (χ3n) is 4.45. The van der Waals surface area contributed by atoms with Crippen molar-refractivity contribution < 1.29 is 0 Å². The van der Waals surface area contributed by atoms with Gasteiger partial charge < -0.3 is 5.32 Å². The third kappa shape index (κ3) is 4.05. The van der Waals surface area contributed by atoms with Gasteiger partial charge in [0.25, 0.3) is 0 Å². The zero-order valence-corrected chi connectivity index (χ0v) is 12.6. The van der Waals surface area contributed by atoms with E-state index in [1.54, 1.807) is 0 Å². The summed E-state index contributed by atoms with van der Waals surface area (Å²) >= 11 is 0. The highest BCUT2D eigenvalue weighted by Crippen LogP contribution is 2.16. The minimum absolute atomic E-state index is 0.661. The second-order valence-electron chi connectivity index (χ2n) is 5.93. The molecule has 0 spiro atoms. The molecule has 1 heterocycles. The molecule has 3 atom stereocenters. The Balaban J connectivity index is 1.86. The molecular formula is C17H28N2. The molecule has 19 heavy (non-hydrogen) atoms. The molecule has 106 valence electrons. The number of nitrogens with one attached hydrogen (secondary N) is 1. The standard InChI is InChI=1S/C17H28N2/c1-4-17-13-19(15(3)12-18-17)14(2)10-11-16-8-6-5-7-9-16/h5-9,14-15,17-18H,4,10-13H2,1-3H3. The van der Waals surface area contributed by atoms with Crippen LogP contribution in [0.4, 0.5) is 0 Å². The van der Waals surface area contributed by atoms with Crippen LogP contribution in [0, 0.1) is 0 Å². The first-order valence-electron chi connectivity index (χ1n) is 7.73. The van der Waals surface area contributed by atoms with E-state index in [1.165, 1.54) is 31.4 Å². The van der Waals surface area contributed by atoms with E-state index >= 15 is 0 Å². The van der Waals surface area contributed by atoms with Gasteiger partial charge in [-0.05, 0) is 38.7 Å². The number of benzene rings is 1. The Morgan fingerprint density at radius 1 is 1.32 bits per heavy atom. The van der Waals surface area contributed by atoms with E-state index in [4.69, 9.17) is 0 Å². The summed E-state index contributed by atoms with van der Waals surface area (Å²) in [6, 6.07) is 12.9. The maximum Gasteiger partial charge on any atom is 0.0195 e. The van der Waals surface area contributed by atoms with Gasteiger partial charge in [0.2, 0.25) is 0 Å². The lowest BCUT2D eigenvalue weighted by Crippen LogP contribution is -2.57. The van der Waals surface area contributed by atoms with Gasteiger partial charge in [0.05, 0.1) is 0 Å². The summed E-state index contributed by atoms with van der Waals surface area (Å²) in [5, 5.41) is 3.64. The predicted molar refractivity (Wildman–Crippen MR) is 82.5 cm³/mol. The molecule has 0 aliphatic carbocycles. The van der Waals surface area contributed by atoms with Gasteiger partial charge in [0.1, 0.15) is 0 Å². The van der Waals surface area contributed by atoms with E-state index in [0.717, 1.165) is 6.54 Å². The normalized spacial score (nSPS) is 26.3. The smallest absolute Gasteiger partial charge is 0.0195 e. The second kappa shape index (κ2) is 7.06. The summed E-state index contributed by atoms with van der Waals surface area (Å²) in [7, 11) is 0. The van der Waals surface area contributed by atoms with Crippen LogP contribution in [0.15, 0.2) is 30.3 Å². The quantitative estimate of drug-likeness (QED) is 0.875. The van der Waals surface area contributed by atoms with Gasteiger partial charge in [0.15, 0.2) is 0 Å². The minimum atomic E-state index is 0.661. The average molecular weight is 260 g/mol. The molecule has 2 rings (SSSR count). The van der Waals surface area contributed by atoms with E-state index in [9.17, 15) is 0 Å². The summed E-state index contributed by atoms with van der Waals surface area (Å²) in [6.45, 7) is 9.34. The monoisotopic (exact) mass is 260 g/mol. The maximum absolute atomic E-state index is 3.64. The van der Waals surface area contributed by atoms with Crippen molar-refractivity contribution in [3.8, 4) is 0 Å². The van der Waals surface area contributed by atoms with Gasteiger partial charge in [0, 0.05) is 31.2 Å². The molecule has 0 aromatic heterocycles. The Morgan fingerprint density at radius 3 is 2.74 bits per heavy atom. The molecule has 1 N–H and O–H groups in total. The summed E-state index contributed by atoms with van der Waals surface area (Å²) in [6.07, 6.45) is 3.68. The van der Waals surface area contributed by atoms with E-state index in [0.29, 0.717) is 18.1 Å². The first kappa shape index (κ1) is 14.5. The Labute approximate surface area is 118 Å². The molecule has 1 fully saturated rings. The van der Waals surface area contributed by atoms with Crippen molar-refractivity contribution in [2.24, 2.45) is 0 Å². The highest BCUT2D eigenvalue weighted by atomic mass is 15.2. The first-order valence-corrected chi connectivity index (χ1v) is 7.73. The largest absolute Gasteiger partial charge is 0.311 e. The molecule has 1 aliphatic rings. The molecule has 2 heteroatoms. The number of hydrogen-bond donors (Lipinski definition) is 1. The lowest BCUT2D eigenvalue weighted by atomic mass is 10.0. The highest BCUT2D eigenvalue weighted by molar-refractivity contribution is 5.14. The number of rotatable bonds is 5. The lowest BCUT2D eigenvalue weighted by Gasteiger charge is -2.42. The SMILES string of the molecule is CCC1CN(C(C)CCc2ccccc2)C(C)CN1. The summed E-state index contributed by atoms with van der Waals surface area (Å²) < 4.78 is 0. The van der Waals surface area contributed by atoms with E-state index in [2.05, 4.69) is 61.3 Å². The van der Waals surface area contributed by atoms with Crippen molar-refractivity contribution in [3.63, 3.8) is 0 Å². The molecule has 0 saturated carbocycles. The van der Waals surface area contributed by atoms with Crippen LogP contribution in [0.5, 0.6) is 0 Å². The van der Waals surface area contributed by atoms with Crippen LogP contribution < -0.4 is 5.32 Å². The van der Waals surface area contributed by atoms with Crippen LogP contribution in [0.3, 0.4) is 0 Å². The molecule has 0 bridgehead atoms. The topological polar surface area (TPSA) is 15.3 Å². The minimum Gasteiger partial charge on any atom is -0.311 e. The number of nitrogens with zero attached hydrogens (tertiary/aromatic N) is 1. The van der Waals surface area contributed by atoms with Crippen molar-refractivity contribution in [1.82, 2.24) is 10.2 Å². The average Bonchev–Trinajstić information content (AvgIpc) is 2.46. The molecule has 1 aliphatic heterocycles. The van der Waals surface area contributed by atoms with Crippen LogP contribution >= 0.6 is 0 Å². The number of aryl methyl sites for hydroxylation is 1. The number of piperazine rings is 1. The molecule has 1 aromatic rings. The summed E-state index contributed by atoms with van der Waals surface area (Å²) in [5.74, 6) is 0. The predicted octanol–water partition coefficient (Wildman–Crippen LogP) is 3.08. The van der Waals surface area contributed by atoms with Gasteiger partial charge in [-0.2, -0.15) is 0 Å². The van der Waals surface area contributed by atoms with Crippen LogP contribution in [0.25, 0.3) is 0 Å². The molecule has 2 nitrogen and oxygen atoms in total. The fourth-order valence-corrected chi connectivity index (χ4v) is 3.03. The van der Waals surface area contributed by atoms with E-state index in [1.807, 2.05) is 0 Å². The Kier molecular flexibility index (Phi) is 5.41. The first-order chi connectivity index (χ1) is 9.20. The Bertz CT molecular complexity index is 363. The second-order valence-corrected chi connectivity index (χ2v) is 5.93. The Hall–Kier alpha value is -0.860. The molecule has 0 amide bonds. The van der Waals surface area contributed by atoms with Gasteiger partial charge >= 0.3 is 0 Å². The van der Waals surface area contributed by atoms with Crippen molar-refractivity contribution >= 4 is 0 Å².